The second-order valence-corrected chi connectivity index (χ2v) is 4.62. The lowest BCUT2D eigenvalue weighted by Crippen LogP contribution is -2.19. The first-order valence-electron chi connectivity index (χ1n) is 5.82. The molecule has 0 aliphatic rings. The van der Waals surface area contributed by atoms with E-state index in [-0.39, 0.29) is 11.6 Å². The third kappa shape index (κ3) is 4.38. The van der Waals surface area contributed by atoms with Gasteiger partial charge in [0.2, 0.25) is 0 Å². The van der Waals surface area contributed by atoms with Crippen molar-refractivity contribution in [3.05, 3.63) is 17.8 Å². The van der Waals surface area contributed by atoms with Gasteiger partial charge in [-0.3, -0.25) is 0 Å². The molecule has 94 valence electrons. The van der Waals surface area contributed by atoms with Crippen LogP contribution in [-0.4, -0.2) is 27.3 Å². The summed E-state index contributed by atoms with van der Waals surface area (Å²) in [5.74, 6) is -0.00484. The minimum Gasteiger partial charge on any atom is -0.478 e. The summed E-state index contributed by atoms with van der Waals surface area (Å²) in [4.78, 5) is 11.0. The van der Waals surface area contributed by atoms with Crippen LogP contribution < -0.4 is 5.32 Å². The third-order valence-electron chi connectivity index (χ3n) is 2.51. The van der Waals surface area contributed by atoms with Gasteiger partial charge >= 0.3 is 5.97 Å². The van der Waals surface area contributed by atoms with E-state index in [1.54, 1.807) is 0 Å². The van der Waals surface area contributed by atoms with Crippen LogP contribution in [0.25, 0.3) is 0 Å². The van der Waals surface area contributed by atoms with Gasteiger partial charge in [0.1, 0.15) is 5.56 Å². The van der Waals surface area contributed by atoms with Gasteiger partial charge in [0.15, 0.2) is 5.82 Å². The molecule has 0 aliphatic carbocycles. The van der Waals surface area contributed by atoms with Crippen molar-refractivity contribution < 1.29 is 9.90 Å². The van der Waals surface area contributed by atoms with Crippen molar-refractivity contribution in [1.29, 1.82) is 0 Å². The Bertz CT molecular complexity index is 380. The van der Waals surface area contributed by atoms with Gasteiger partial charge in [0.25, 0.3) is 0 Å². The predicted octanol–water partition coefficient (Wildman–Crippen LogP) is 2.41. The minimum atomic E-state index is -0.988. The molecule has 1 atom stereocenters. The Hall–Kier alpha value is -1.65. The number of carboxylic acid groups (broad SMARTS) is 1. The zero-order valence-corrected chi connectivity index (χ0v) is 10.5. The molecule has 1 unspecified atom stereocenters. The van der Waals surface area contributed by atoms with Crippen LogP contribution in [0, 0.1) is 5.92 Å². The molecular formula is C12H19N3O2. The molecule has 17 heavy (non-hydrogen) atoms. The summed E-state index contributed by atoms with van der Waals surface area (Å²) >= 11 is 0. The van der Waals surface area contributed by atoms with Crippen molar-refractivity contribution in [3.63, 3.8) is 0 Å². The fraction of sp³-hybridized carbons (Fsp3) is 0.583. The first kappa shape index (κ1) is 13.4. The maximum Gasteiger partial charge on any atom is 0.339 e. The normalized spacial score (nSPS) is 12.5. The van der Waals surface area contributed by atoms with Crippen LogP contribution >= 0.6 is 0 Å². The number of nitrogens with zero attached hydrogens (tertiary/aromatic N) is 2. The Morgan fingerprint density at radius 2 is 2.12 bits per heavy atom. The van der Waals surface area contributed by atoms with E-state index in [9.17, 15) is 4.79 Å². The topological polar surface area (TPSA) is 75.1 Å². The van der Waals surface area contributed by atoms with Crippen molar-refractivity contribution in [2.24, 2.45) is 5.92 Å². The fourth-order valence-corrected chi connectivity index (χ4v) is 1.50. The van der Waals surface area contributed by atoms with E-state index in [2.05, 4.69) is 29.4 Å². The van der Waals surface area contributed by atoms with Gasteiger partial charge in [0, 0.05) is 6.04 Å². The van der Waals surface area contributed by atoms with Crippen LogP contribution in [0.3, 0.4) is 0 Å². The molecule has 5 nitrogen and oxygen atoms in total. The molecule has 0 saturated heterocycles. The van der Waals surface area contributed by atoms with Crippen LogP contribution in [0.4, 0.5) is 5.82 Å². The predicted molar refractivity (Wildman–Crippen MR) is 66.1 cm³/mol. The molecule has 0 spiro atoms. The van der Waals surface area contributed by atoms with Gasteiger partial charge < -0.3 is 10.4 Å². The highest BCUT2D eigenvalue weighted by molar-refractivity contribution is 5.92. The van der Waals surface area contributed by atoms with Crippen molar-refractivity contribution in [3.8, 4) is 0 Å². The molecule has 0 bridgehead atoms. The summed E-state index contributed by atoms with van der Waals surface area (Å²) in [5, 5.41) is 19.6. The Kier molecular flexibility index (Phi) is 4.87. The van der Waals surface area contributed by atoms with Gasteiger partial charge in [-0.2, -0.15) is 5.10 Å². The number of rotatable bonds is 6. The van der Waals surface area contributed by atoms with Gasteiger partial charge in [-0.25, -0.2) is 4.79 Å². The van der Waals surface area contributed by atoms with Gasteiger partial charge in [-0.15, -0.1) is 5.10 Å². The van der Waals surface area contributed by atoms with Crippen LogP contribution in [0.15, 0.2) is 12.3 Å². The number of hydrogen-bond donors (Lipinski definition) is 2. The van der Waals surface area contributed by atoms with Crippen LogP contribution in [0.1, 0.15) is 44.0 Å². The van der Waals surface area contributed by atoms with E-state index in [4.69, 9.17) is 5.11 Å². The maximum absolute atomic E-state index is 11.0. The minimum absolute atomic E-state index is 0.163. The lowest BCUT2D eigenvalue weighted by Gasteiger charge is -2.16. The first-order chi connectivity index (χ1) is 8.00. The number of aromatic carboxylic acids is 1. The molecule has 1 heterocycles. The highest BCUT2D eigenvalue weighted by Gasteiger charge is 2.13. The second kappa shape index (κ2) is 6.18. The van der Waals surface area contributed by atoms with E-state index in [1.165, 1.54) is 12.3 Å². The number of aromatic nitrogens is 2. The highest BCUT2D eigenvalue weighted by atomic mass is 16.4. The fourth-order valence-electron chi connectivity index (χ4n) is 1.50. The highest BCUT2D eigenvalue weighted by Crippen LogP contribution is 2.14. The summed E-state index contributed by atoms with van der Waals surface area (Å²) in [6.07, 6.45) is 3.46. The first-order valence-corrected chi connectivity index (χ1v) is 5.82. The van der Waals surface area contributed by atoms with Crippen LogP contribution in [0.5, 0.6) is 0 Å². The van der Waals surface area contributed by atoms with Gasteiger partial charge in [-0.1, -0.05) is 13.8 Å². The largest absolute Gasteiger partial charge is 0.478 e. The second-order valence-electron chi connectivity index (χ2n) is 4.62. The van der Waals surface area contributed by atoms with Crippen molar-refractivity contribution >= 4 is 11.8 Å². The smallest absolute Gasteiger partial charge is 0.339 e. The molecular weight excluding hydrogens is 218 g/mol. The lowest BCUT2D eigenvalue weighted by atomic mass is 10.0. The summed E-state index contributed by atoms with van der Waals surface area (Å²) < 4.78 is 0. The summed E-state index contributed by atoms with van der Waals surface area (Å²) in [6, 6.07) is 1.64. The third-order valence-corrected chi connectivity index (χ3v) is 2.51. The number of nitrogens with one attached hydrogen (secondary N) is 1. The quantitative estimate of drug-likeness (QED) is 0.794. The Morgan fingerprint density at radius 3 is 2.71 bits per heavy atom. The summed E-state index contributed by atoms with van der Waals surface area (Å²) in [7, 11) is 0. The number of carboxylic acids is 1. The Labute approximate surface area is 101 Å². The molecule has 0 fully saturated rings. The SMILES string of the molecule is CC(C)CCC(C)Nc1nnccc1C(=O)O. The Balaban J connectivity index is 2.64. The van der Waals surface area contributed by atoms with Crippen LogP contribution in [0.2, 0.25) is 0 Å². The van der Waals surface area contributed by atoms with Crippen molar-refractivity contribution in [2.75, 3.05) is 5.32 Å². The molecule has 0 radical (unpaired) electrons. The molecule has 0 amide bonds. The molecule has 0 saturated carbocycles. The molecule has 1 aromatic rings. The average molecular weight is 237 g/mol. The number of anilines is 1. The molecule has 1 aromatic heterocycles. The van der Waals surface area contributed by atoms with E-state index in [0.29, 0.717) is 11.7 Å². The summed E-state index contributed by atoms with van der Waals surface area (Å²) in [5.41, 5.74) is 0.163. The van der Waals surface area contributed by atoms with Crippen molar-refractivity contribution in [1.82, 2.24) is 10.2 Å². The Morgan fingerprint density at radius 1 is 1.41 bits per heavy atom. The van der Waals surface area contributed by atoms with E-state index < -0.39 is 5.97 Å². The number of carbonyl (C=O) groups is 1. The molecule has 0 aromatic carbocycles. The molecule has 5 heteroatoms. The molecule has 0 aliphatic heterocycles. The average Bonchev–Trinajstić information content (AvgIpc) is 2.27. The standard InChI is InChI=1S/C12H19N3O2/c1-8(2)4-5-9(3)14-11-10(12(16)17)6-7-13-15-11/h6-9H,4-5H2,1-3H3,(H,14,15)(H,16,17). The zero-order chi connectivity index (χ0) is 12.8. The monoisotopic (exact) mass is 237 g/mol. The number of hydrogen-bond acceptors (Lipinski definition) is 4. The summed E-state index contributed by atoms with van der Waals surface area (Å²) in [6.45, 7) is 6.35. The van der Waals surface area contributed by atoms with E-state index >= 15 is 0 Å². The zero-order valence-electron chi connectivity index (χ0n) is 10.5. The van der Waals surface area contributed by atoms with Crippen molar-refractivity contribution in [2.45, 2.75) is 39.7 Å². The van der Waals surface area contributed by atoms with Crippen LogP contribution in [-0.2, 0) is 0 Å². The molecule has 2 N–H and O–H groups in total. The van der Waals surface area contributed by atoms with E-state index in [1.807, 2.05) is 6.92 Å². The van der Waals surface area contributed by atoms with Gasteiger partial charge in [0.05, 0.1) is 6.20 Å². The lowest BCUT2D eigenvalue weighted by molar-refractivity contribution is 0.0697. The maximum atomic E-state index is 11.0. The molecule has 1 rings (SSSR count). The van der Waals surface area contributed by atoms with E-state index in [0.717, 1.165) is 12.8 Å². The van der Waals surface area contributed by atoms with Gasteiger partial charge in [-0.05, 0) is 31.7 Å².